The Bertz CT molecular complexity index is 259. The van der Waals surface area contributed by atoms with Crippen LogP contribution in [0.4, 0.5) is 0 Å². The fourth-order valence-electron chi connectivity index (χ4n) is 1.57. The highest BCUT2D eigenvalue weighted by Crippen LogP contribution is 2.15. The smallest absolute Gasteiger partial charge is 0.0626 e. The summed E-state index contributed by atoms with van der Waals surface area (Å²) in [6.07, 6.45) is 0. The fourth-order valence-corrected chi connectivity index (χ4v) is 1.57. The Kier molecular flexibility index (Phi) is 3.46. The van der Waals surface area contributed by atoms with Crippen molar-refractivity contribution in [3.63, 3.8) is 0 Å². The van der Waals surface area contributed by atoms with Gasteiger partial charge in [0.2, 0.25) is 0 Å². The summed E-state index contributed by atoms with van der Waals surface area (Å²) in [6, 6.07) is 6.39. The van der Waals surface area contributed by atoms with Gasteiger partial charge in [0.1, 0.15) is 0 Å². The number of nitrogens with one attached hydrogen (secondary N) is 1. The molecule has 0 fully saturated rings. The Morgan fingerprint density at radius 3 is 2.15 bits per heavy atom. The van der Waals surface area contributed by atoms with Crippen LogP contribution in [0.25, 0.3) is 0 Å². The Morgan fingerprint density at radius 1 is 1.23 bits per heavy atom. The lowest BCUT2D eigenvalue weighted by Crippen LogP contribution is -2.20. The Balaban J connectivity index is 2.99. The molecule has 1 atom stereocenters. The molecular weight excluding hydrogens is 162 g/mol. The third kappa shape index (κ3) is 2.54. The highest BCUT2D eigenvalue weighted by Gasteiger charge is 2.07. The summed E-state index contributed by atoms with van der Waals surface area (Å²) >= 11 is 0. The molecule has 0 amide bonds. The SMILES string of the molecule is CNC(CO)c1cc(C)cc(C)c1. The van der Waals surface area contributed by atoms with Gasteiger partial charge >= 0.3 is 0 Å². The van der Waals surface area contributed by atoms with Gasteiger partial charge in [-0.3, -0.25) is 0 Å². The molecule has 0 aliphatic heterocycles. The quantitative estimate of drug-likeness (QED) is 0.738. The zero-order chi connectivity index (χ0) is 9.84. The van der Waals surface area contributed by atoms with Gasteiger partial charge in [-0.05, 0) is 26.5 Å². The first-order chi connectivity index (χ1) is 6.17. The van der Waals surface area contributed by atoms with E-state index in [0.29, 0.717) is 0 Å². The fraction of sp³-hybridized carbons (Fsp3) is 0.455. The molecule has 1 aromatic carbocycles. The maximum absolute atomic E-state index is 9.10. The van der Waals surface area contributed by atoms with Crippen LogP contribution >= 0.6 is 0 Å². The van der Waals surface area contributed by atoms with E-state index in [1.807, 2.05) is 7.05 Å². The molecule has 0 saturated carbocycles. The van der Waals surface area contributed by atoms with Gasteiger partial charge in [0, 0.05) is 0 Å². The molecule has 1 rings (SSSR count). The molecule has 2 nitrogen and oxygen atoms in total. The molecule has 0 saturated heterocycles. The highest BCUT2D eigenvalue weighted by atomic mass is 16.3. The summed E-state index contributed by atoms with van der Waals surface area (Å²) < 4.78 is 0. The third-order valence-electron chi connectivity index (χ3n) is 2.18. The number of likely N-dealkylation sites (N-methyl/N-ethyl adjacent to an activating group) is 1. The predicted molar refractivity (Wildman–Crippen MR) is 54.8 cm³/mol. The minimum absolute atomic E-state index is 0.0543. The monoisotopic (exact) mass is 179 g/mol. The van der Waals surface area contributed by atoms with Gasteiger partial charge in [0.15, 0.2) is 0 Å². The van der Waals surface area contributed by atoms with E-state index in [4.69, 9.17) is 5.11 Å². The van der Waals surface area contributed by atoms with Gasteiger partial charge < -0.3 is 10.4 Å². The van der Waals surface area contributed by atoms with Crippen LogP contribution in [0, 0.1) is 13.8 Å². The van der Waals surface area contributed by atoms with E-state index in [0.717, 1.165) is 5.56 Å². The van der Waals surface area contributed by atoms with Crippen LogP contribution in [0.15, 0.2) is 18.2 Å². The van der Waals surface area contributed by atoms with Crippen molar-refractivity contribution in [2.24, 2.45) is 0 Å². The molecule has 0 heterocycles. The zero-order valence-corrected chi connectivity index (χ0v) is 8.46. The van der Waals surface area contributed by atoms with Gasteiger partial charge in [-0.2, -0.15) is 0 Å². The van der Waals surface area contributed by atoms with Crippen LogP contribution in [-0.4, -0.2) is 18.8 Å². The van der Waals surface area contributed by atoms with E-state index in [1.165, 1.54) is 11.1 Å². The number of benzene rings is 1. The maximum atomic E-state index is 9.10. The first kappa shape index (κ1) is 10.2. The molecular formula is C11H17NO. The number of aryl methyl sites for hydroxylation is 2. The average molecular weight is 179 g/mol. The summed E-state index contributed by atoms with van der Waals surface area (Å²) in [5.41, 5.74) is 3.63. The molecule has 0 radical (unpaired) electrons. The minimum Gasteiger partial charge on any atom is -0.394 e. The van der Waals surface area contributed by atoms with Crippen molar-refractivity contribution in [2.45, 2.75) is 19.9 Å². The molecule has 2 heteroatoms. The number of aliphatic hydroxyl groups excluding tert-OH is 1. The van der Waals surface area contributed by atoms with Crippen molar-refractivity contribution >= 4 is 0 Å². The van der Waals surface area contributed by atoms with Crippen molar-refractivity contribution in [3.8, 4) is 0 Å². The topological polar surface area (TPSA) is 32.3 Å². The molecule has 0 aliphatic rings. The number of hydrogen-bond acceptors (Lipinski definition) is 2. The van der Waals surface area contributed by atoms with Crippen molar-refractivity contribution < 1.29 is 5.11 Å². The largest absolute Gasteiger partial charge is 0.394 e. The van der Waals surface area contributed by atoms with Gasteiger partial charge in [-0.25, -0.2) is 0 Å². The van der Waals surface area contributed by atoms with E-state index in [2.05, 4.69) is 37.4 Å². The number of hydrogen-bond donors (Lipinski definition) is 2. The Labute approximate surface area is 79.6 Å². The summed E-state index contributed by atoms with van der Waals surface area (Å²) in [5, 5.41) is 12.2. The summed E-state index contributed by atoms with van der Waals surface area (Å²) in [4.78, 5) is 0. The molecule has 1 unspecified atom stereocenters. The standard InChI is InChI=1S/C11H17NO/c1-8-4-9(2)6-10(5-8)11(7-13)12-3/h4-6,11-13H,7H2,1-3H3. The van der Waals surface area contributed by atoms with Gasteiger partial charge in [0.25, 0.3) is 0 Å². The lowest BCUT2D eigenvalue weighted by Gasteiger charge is -2.14. The van der Waals surface area contributed by atoms with Crippen molar-refractivity contribution in [1.29, 1.82) is 0 Å². The molecule has 0 aliphatic carbocycles. The maximum Gasteiger partial charge on any atom is 0.0626 e. The molecule has 0 bridgehead atoms. The van der Waals surface area contributed by atoms with E-state index in [1.54, 1.807) is 0 Å². The predicted octanol–water partition coefficient (Wildman–Crippen LogP) is 1.56. The molecule has 0 aromatic heterocycles. The van der Waals surface area contributed by atoms with Crippen LogP contribution in [0.2, 0.25) is 0 Å². The molecule has 13 heavy (non-hydrogen) atoms. The second-order valence-corrected chi connectivity index (χ2v) is 3.44. The second-order valence-electron chi connectivity index (χ2n) is 3.44. The Hall–Kier alpha value is -0.860. The summed E-state index contributed by atoms with van der Waals surface area (Å²) in [6.45, 7) is 4.28. The first-order valence-electron chi connectivity index (χ1n) is 4.53. The molecule has 2 N–H and O–H groups in total. The molecule has 0 spiro atoms. The van der Waals surface area contributed by atoms with Crippen LogP contribution in [-0.2, 0) is 0 Å². The summed E-state index contributed by atoms with van der Waals surface area (Å²) in [7, 11) is 1.86. The third-order valence-corrected chi connectivity index (χ3v) is 2.18. The van der Waals surface area contributed by atoms with Crippen molar-refractivity contribution in [1.82, 2.24) is 5.32 Å². The number of aliphatic hydroxyl groups is 1. The summed E-state index contributed by atoms with van der Waals surface area (Å²) in [5.74, 6) is 0. The highest BCUT2D eigenvalue weighted by molar-refractivity contribution is 5.30. The minimum atomic E-state index is 0.0543. The number of rotatable bonds is 3. The van der Waals surface area contributed by atoms with Crippen molar-refractivity contribution in [3.05, 3.63) is 34.9 Å². The van der Waals surface area contributed by atoms with Gasteiger partial charge in [0.05, 0.1) is 12.6 Å². The van der Waals surface area contributed by atoms with Crippen LogP contribution in [0.3, 0.4) is 0 Å². The van der Waals surface area contributed by atoms with Gasteiger partial charge in [-0.1, -0.05) is 29.3 Å². The normalized spacial score (nSPS) is 12.9. The molecule has 1 aromatic rings. The van der Waals surface area contributed by atoms with E-state index in [-0.39, 0.29) is 12.6 Å². The van der Waals surface area contributed by atoms with Crippen LogP contribution in [0.5, 0.6) is 0 Å². The van der Waals surface area contributed by atoms with Crippen LogP contribution in [0.1, 0.15) is 22.7 Å². The van der Waals surface area contributed by atoms with Gasteiger partial charge in [-0.15, -0.1) is 0 Å². The van der Waals surface area contributed by atoms with E-state index < -0.39 is 0 Å². The van der Waals surface area contributed by atoms with E-state index in [9.17, 15) is 0 Å². The van der Waals surface area contributed by atoms with Crippen molar-refractivity contribution in [2.75, 3.05) is 13.7 Å². The second kappa shape index (κ2) is 4.40. The van der Waals surface area contributed by atoms with Crippen LogP contribution < -0.4 is 5.32 Å². The lowest BCUT2D eigenvalue weighted by molar-refractivity contribution is 0.251. The first-order valence-corrected chi connectivity index (χ1v) is 4.53. The molecule has 72 valence electrons. The average Bonchev–Trinajstić information content (AvgIpc) is 2.04. The lowest BCUT2D eigenvalue weighted by atomic mass is 10.0. The Morgan fingerprint density at radius 2 is 1.77 bits per heavy atom. The zero-order valence-electron chi connectivity index (χ0n) is 8.46. The van der Waals surface area contributed by atoms with E-state index >= 15 is 0 Å².